The minimum Gasteiger partial charge on any atom is -0.486 e. The highest BCUT2D eigenvalue weighted by Crippen LogP contribution is 2.23. The van der Waals surface area contributed by atoms with Crippen molar-refractivity contribution in [3.05, 3.63) is 44.9 Å². The number of carbonyl (C=O) groups is 1. The van der Waals surface area contributed by atoms with E-state index in [4.69, 9.17) is 16.3 Å². The van der Waals surface area contributed by atoms with Crippen LogP contribution in [0.4, 0.5) is 0 Å². The van der Waals surface area contributed by atoms with E-state index in [1.807, 2.05) is 12.1 Å². The second-order valence-corrected chi connectivity index (χ2v) is 5.95. The number of Topliss-reactive ketones (excluding diaryl/α,β-unsaturated/α-hetero) is 1. The first-order chi connectivity index (χ1) is 9.60. The third-order valence-electron chi connectivity index (χ3n) is 2.72. The molecule has 0 fully saturated rings. The van der Waals surface area contributed by atoms with Crippen molar-refractivity contribution in [3.63, 3.8) is 0 Å². The lowest BCUT2D eigenvalue weighted by Gasteiger charge is -2.03. The molecule has 0 saturated heterocycles. The lowest BCUT2D eigenvalue weighted by molar-refractivity contribution is 0.102. The zero-order chi connectivity index (χ0) is 14.5. The van der Waals surface area contributed by atoms with Crippen LogP contribution >= 0.6 is 22.9 Å². The monoisotopic (exact) mass is 309 g/mol. The molecule has 1 aromatic carbocycles. The fraction of sp³-hybridized carbons (Fsp3) is 0.333. The van der Waals surface area contributed by atoms with E-state index in [1.165, 1.54) is 11.3 Å². The molecule has 5 heteroatoms. The Morgan fingerprint density at radius 1 is 1.35 bits per heavy atom. The summed E-state index contributed by atoms with van der Waals surface area (Å²) in [5, 5.41) is 1.50. The van der Waals surface area contributed by atoms with E-state index in [2.05, 4.69) is 11.9 Å². The molecule has 0 aliphatic carbocycles. The van der Waals surface area contributed by atoms with Gasteiger partial charge in [-0.15, -0.1) is 11.3 Å². The Labute approximate surface area is 127 Å². The third kappa shape index (κ3) is 3.81. The molecule has 0 bridgehead atoms. The maximum Gasteiger partial charge on any atom is 0.171 e. The van der Waals surface area contributed by atoms with Gasteiger partial charge in [-0.25, -0.2) is 4.98 Å². The van der Waals surface area contributed by atoms with Gasteiger partial charge in [-0.1, -0.05) is 24.9 Å². The number of benzene rings is 1. The van der Waals surface area contributed by atoms with Gasteiger partial charge >= 0.3 is 0 Å². The smallest absolute Gasteiger partial charge is 0.171 e. The molecule has 0 unspecified atom stereocenters. The summed E-state index contributed by atoms with van der Waals surface area (Å²) in [7, 11) is 0. The summed E-state index contributed by atoms with van der Waals surface area (Å²) < 4.78 is 5.65. The van der Waals surface area contributed by atoms with Gasteiger partial charge in [-0.2, -0.15) is 0 Å². The molecule has 106 valence electrons. The van der Waals surface area contributed by atoms with Crippen LogP contribution in [-0.2, 0) is 13.0 Å². The number of thiazole rings is 1. The molecule has 0 amide bonds. The van der Waals surface area contributed by atoms with E-state index in [-0.39, 0.29) is 5.78 Å². The standard InChI is InChI=1S/C15H16ClNO2S/c1-3-4-13-15(10(2)18)20-14(17-13)9-19-12-7-5-11(16)6-8-12/h5-8H,3-4,9H2,1-2H3. The van der Waals surface area contributed by atoms with Crippen molar-refractivity contribution in [2.75, 3.05) is 0 Å². The summed E-state index contributed by atoms with van der Waals surface area (Å²) in [4.78, 5) is 16.8. The zero-order valence-electron chi connectivity index (χ0n) is 11.5. The highest BCUT2D eigenvalue weighted by molar-refractivity contribution is 7.13. The molecule has 0 N–H and O–H groups in total. The summed E-state index contributed by atoms with van der Waals surface area (Å²) in [5.74, 6) is 0.815. The van der Waals surface area contributed by atoms with Crippen LogP contribution < -0.4 is 4.74 Å². The van der Waals surface area contributed by atoms with Crippen LogP contribution in [0.1, 0.15) is 40.6 Å². The summed E-state index contributed by atoms with van der Waals surface area (Å²) >= 11 is 7.24. The van der Waals surface area contributed by atoms with Crippen molar-refractivity contribution < 1.29 is 9.53 Å². The van der Waals surface area contributed by atoms with Crippen LogP contribution in [0, 0.1) is 0 Å². The number of carbonyl (C=O) groups excluding carboxylic acids is 1. The van der Waals surface area contributed by atoms with Crippen molar-refractivity contribution in [1.29, 1.82) is 0 Å². The summed E-state index contributed by atoms with van der Waals surface area (Å²) in [6.07, 6.45) is 1.80. The lowest BCUT2D eigenvalue weighted by atomic mass is 10.2. The Morgan fingerprint density at radius 3 is 2.65 bits per heavy atom. The minimum atomic E-state index is 0.0729. The normalized spacial score (nSPS) is 10.6. The van der Waals surface area contributed by atoms with Gasteiger partial charge in [0, 0.05) is 11.9 Å². The quantitative estimate of drug-likeness (QED) is 0.736. The molecule has 0 radical (unpaired) electrons. The predicted octanol–water partition coefficient (Wildman–Crippen LogP) is 4.53. The molecule has 0 saturated carbocycles. The minimum absolute atomic E-state index is 0.0729. The van der Waals surface area contributed by atoms with Crippen LogP contribution in [-0.4, -0.2) is 10.8 Å². The molecule has 1 aromatic heterocycles. The van der Waals surface area contributed by atoms with E-state index in [0.717, 1.165) is 34.2 Å². The highest BCUT2D eigenvalue weighted by Gasteiger charge is 2.14. The molecule has 3 nitrogen and oxygen atoms in total. The largest absolute Gasteiger partial charge is 0.486 e. The van der Waals surface area contributed by atoms with Crippen LogP contribution in [0.2, 0.25) is 5.02 Å². The van der Waals surface area contributed by atoms with Crippen LogP contribution in [0.15, 0.2) is 24.3 Å². The van der Waals surface area contributed by atoms with E-state index >= 15 is 0 Å². The second-order valence-electron chi connectivity index (χ2n) is 4.43. The summed E-state index contributed by atoms with van der Waals surface area (Å²) in [6, 6.07) is 7.19. The number of ketones is 1. The molecule has 20 heavy (non-hydrogen) atoms. The number of halogens is 1. The Morgan fingerprint density at radius 2 is 2.05 bits per heavy atom. The van der Waals surface area contributed by atoms with Gasteiger partial charge in [0.2, 0.25) is 0 Å². The van der Waals surface area contributed by atoms with Crippen LogP contribution in [0.3, 0.4) is 0 Å². The van der Waals surface area contributed by atoms with Crippen molar-refractivity contribution in [1.82, 2.24) is 4.98 Å². The first-order valence-electron chi connectivity index (χ1n) is 6.48. The van der Waals surface area contributed by atoms with Crippen molar-refractivity contribution in [2.45, 2.75) is 33.3 Å². The maximum atomic E-state index is 11.6. The van der Waals surface area contributed by atoms with Crippen molar-refractivity contribution in [2.24, 2.45) is 0 Å². The topological polar surface area (TPSA) is 39.2 Å². The predicted molar refractivity (Wildman–Crippen MR) is 81.9 cm³/mol. The average molecular weight is 310 g/mol. The summed E-state index contributed by atoms with van der Waals surface area (Å²) in [6.45, 7) is 4.03. The van der Waals surface area contributed by atoms with Gasteiger partial charge in [0.05, 0.1) is 10.6 Å². The molecule has 0 spiro atoms. The number of hydrogen-bond acceptors (Lipinski definition) is 4. The Hall–Kier alpha value is -1.39. The first kappa shape index (κ1) is 15.0. The van der Waals surface area contributed by atoms with E-state index in [1.54, 1.807) is 19.1 Å². The van der Waals surface area contributed by atoms with Crippen LogP contribution in [0.25, 0.3) is 0 Å². The summed E-state index contributed by atoms with van der Waals surface area (Å²) in [5.41, 5.74) is 0.889. The number of aromatic nitrogens is 1. The SMILES string of the molecule is CCCc1nc(COc2ccc(Cl)cc2)sc1C(C)=O. The van der Waals surface area contributed by atoms with Crippen molar-refractivity contribution in [3.8, 4) is 5.75 Å². The van der Waals surface area contributed by atoms with Gasteiger partial charge in [0.1, 0.15) is 17.4 Å². The van der Waals surface area contributed by atoms with Gasteiger partial charge in [0.15, 0.2) is 5.78 Å². The van der Waals surface area contributed by atoms with E-state index in [0.29, 0.717) is 11.6 Å². The van der Waals surface area contributed by atoms with Gasteiger partial charge in [-0.3, -0.25) is 4.79 Å². The number of aryl methyl sites for hydroxylation is 1. The van der Waals surface area contributed by atoms with Gasteiger partial charge in [0.25, 0.3) is 0 Å². The fourth-order valence-corrected chi connectivity index (χ4v) is 2.86. The number of rotatable bonds is 6. The Kier molecular flexibility index (Phi) is 5.15. The molecule has 2 aromatic rings. The molecular weight excluding hydrogens is 294 g/mol. The van der Waals surface area contributed by atoms with Crippen LogP contribution in [0.5, 0.6) is 5.75 Å². The molecular formula is C15H16ClNO2S. The third-order valence-corrected chi connectivity index (χ3v) is 4.15. The number of nitrogens with zero attached hydrogens (tertiary/aromatic N) is 1. The number of hydrogen-bond donors (Lipinski definition) is 0. The average Bonchev–Trinajstić information content (AvgIpc) is 2.82. The Balaban J connectivity index is 2.07. The molecule has 0 aliphatic rings. The van der Waals surface area contributed by atoms with Gasteiger partial charge in [-0.05, 0) is 30.7 Å². The molecule has 0 aliphatic heterocycles. The van der Waals surface area contributed by atoms with E-state index in [9.17, 15) is 4.79 Å². The van der Waals surface area contributed by atoms with Crippen molar-refractivity contribution >= 4 is 28.7 Å². The second kappa shape index (κ2) is 6.86. The van der Waals surface area contributed by atoms with E-state index < -0.39 is 0 Å². The maximum absolute atomic E-state index is 11.6. The number of ether oxygens (including phenoxy) is 1. The molecule has 2 rings (SSSR count). The molecule has 0 atom stereocenters. The molecule has 1 heterocycles. The fourth-order valence-electron chi connectivity index (χ4n) is 1.82. The van der Waals surface area contributed by atoms with Gasteiger partial charge < -0.3 is 4.74 Å². The highest BCUT2D eigenvalue weighted by atomic mass is 35.5. The Bertz CT molecular complexity index is 592. The zero-order valence-corrected chi connectivity index (χ0v) is 13.1. The lowest BCUT2D eigenvalue weighted by Crippen LogP contribution is -1.96. The first-order valence-corrected chi connectivity index (χ1v) is 7.67.